The summed E-state index contributed by atoms with van der Waals surface area (Å²) in [7, 11) is 5.45. The molecule has 0 radical (unpaired) electrons. The molecule has 15 nitrogen and oxygen atoms in total. The van der Waals surface area contributed by atoms with E-state index >= 15 is 0 Å². The Kier molecular flexibility index (Phi) is 17.1. The number of ether oxygens (including phenoxy) is 9. The van der Waals surface area contributed by atoms with Crippen LogP contribution < -0.4 is 5.32 Å². The molecule has 2 bridgehead atoms. The van der Waals surface area contributed by atoms with Gasteiger partial charge in [-0.1, -0.05) is 51.1 Å². The van der Waals surface area contributed by atoms with Crippen LogP contribution >= 0.6 is 0 Å². The standard InChI is InChI=1S/C47H76N2O13/c1-14-35-47(10,53)40-31(6)48-42(51)27(2)24-46(9,57-22-18-21-55-40)39(62-44-37(50)34(49(11)12)23-28(3)58-44)29(4)38(30(5)43(52)60-35)61-36-25-45(8,54-13)41(32(7)59-36)56-26-33-19-16-15-17-20-33/h15-21,27-32,34-41,44,50,53H,14,22-26H2,1-13H3,(H,48,51)/b21-18+/t27-,28-,29+,30?,31-,32+,34+,35-,36+,37-,38?,39-,40-,41+,44+,45-,46-,47-/m1/s1. The first kappa shape index (κ1) is 50.3. The quantitative estimate of drug-likeness (QED) is 0.272. The Labute approximate surface area is 369 Å². The minimum atomic E-state index is -1.76. The van der Waals surface area contributed by atoms with E-state index in [2.05, 4.69) is 5.32 Å². The van der Waals surface area contributed by atoms with Crippen LogP contribution in [0.15, 0.2) is 42.7 Å². The summed E-state index contributed by atoms with van der Waals surface area (Å²) in [6.45, 7) is 18.6. The van der Waals surface area contributed by atoms with Crippen LogP contribution in [-0.4, -0.2) is 145 Å². The van der Waals surface area contributed by atoms with Crippen molar-refractivity contribution in [2.45, 2.75) is 192 Å². The predicted octanol–water partition coefficient (Wildman–Crippen LogP) is 4.89. The highest BCUT2D eigenvalue weighted by Gasteiger charge is 2.54. The number of carbonyl (C=O) groups is 2. The maximum atomic E-state index is 14.7. The molecule has 0 aromatic heterocycles. The fourth-order valence-corrected chi connectivity index (χ4v) is 10.1. The molecular weight excluding hydrogens is 801 g/mol. The van der Waals surface area contributed by atoms with E-state index in [0.717, 1.165) is 5.56 Å². The fourth-order valence-electron chi connectivity index (χ4n) is 10.1. The molecule has 5 aliphatic heterocycles. The predicted molar refractivity (Wildman–Crippen MR) is 230 cm³/mol. The van der Waals surface area contributed by atoms with Gasteiger partial charge in [-0.15, -0.1) is 0 Å². The Balaban J connectivity index is 1.62. The van der Waals surface area contributed by atoms with Crippen molar-refractivity contribution in [3.8, 4) is 0 Å². The number of rotatable bonds is 10. The molecule has 0 spiro atoms. The van der Waals surface area contributed by atoms with Crippen LogP contribution in [0.4, 0.5) is 0 Å². The highest BCUT2D eigenvalue weighted by molar-refractivity contribution is 5.78. The maximum Gasteiger partial charge on any atom is 0.311 e. The molecule has 0 aliphatic carbocycles. The largest absolute Gasteiger partial charge is 0.493 e. The Hall–Kier alpha value is -2.70. The highest BCUT2D eigenvalue weighted by Crippen LogP contribution is 2.42. The van der Waals surface area contributed by atoms with Gasteiger partial charge in [-0.3, -0.25) is 9.59 Å². The van der Waals surface area contributed by atoms with E-state index in [-0.39, 0.29) is 43.9 Å². The van der Waals surface area contributed by atoms with Gasteiger partial charge in [0.2, 0.25) is 5.91 Å². The van der Waals surface area contributed by atoms with Gasteiger partial charge in [0.15, 0.2) is 12.6 Å². The molecule has 3 N–H and O–H groups in total. The number of esters is 1. The third-order valence-electron chi connectivity index (χ3n) is 13.7. The Morgan fingerprint density at radius 3 is 2.29 bits per heavy atom. The fraction of sp³-hybridized carbons (Fsp3) is 0.787. The summed E-state index contributed by atoms with van der Waals surface area (Å²) in [6, 6.07) is 8.89. The van der Waals surface area contributed by atoms with Crippen molar-refractivity contribution < 1.29 is 62.4 Å². The molecule has 62 heavy (non-hydrogen) atoms. The van der Waals surface area contributed by atoms with Crippen molar-refractivity contribution in [2.75, 3.05) is 27.8 Å². The Bertz CT molecular complexity index is 1630. The number of carbonyl (C=O) groups excluding carboxylic acids is 2. The van der Waals surface area contributed by atoms with E-state index in [1.54, 1.807) is 34.0 Å². The van der Waals surface area contributed by atoms with Crippen LogP contribution in [0.3, 0.4) is 0 Å². The minimum absolute atomic E-state index is 0.0407. The van der Waals surface area contributed by atoms with E-state index in [4.69, 9.17) is 42.6 Å². The summed E-state index contributed by atoms with van der Waals surface area (Å²) < 4.78 is 59.0. The van der Waals surface area contributed by atoms with Gasteiger partial charge in [-0.25, -0.2) is 0 Å². The van der Waals surface area contributed by atoms with Crippen LogP contribution in [0.2, 0.25) is 0 Å². The minimum Gasteiger partial charge on any atom is -0.493 e. The van der Waals surface area contributed by atoms with Gasteiger partial charge in [-0.05, 0) is 93.5 Å². The second-order valence-electron chi connectivity index (χ2n) is 19.1. The van der Waals surface area contributed by atoms with E-state index in [1.807, 2.05) is 97.8 Å². The molecule has 5 heterocycles. The number of nitrogens with one attached hydrogen (secondary N) is 1. The van der Waals surface area contributed by atoms with Crippen LogP contribution in [0.5, 0.6) is 0 Å². The lowest BCUT2D eigenvalue weighted by Crippen LogP contribution is -2.61. The molecule has 1 aromatic carbocycles. The molecule has 1 aromatic rings. The van der Waals surface area contributed by atoms with Crippen molar-refractivity contribution in [3.05, 3.63) is 48.2 Å². The Morgan fingerprint density at radius 2 is 1.65 bits per heavy atom. The number of hydrogen-bond donors (Lipinski definition) is 3. The van der Waals surface area contributed by atoms with Gasteiger partial charge >= 0.3 is 5.97 Å². The summed E-state index contributed by atoms with van der Waals surface area (Å²) in [5.74, 6) is -3.25. The van der Waals surface area contributed by atoms with Crippen molar-refractivity contribution in [3.63, 3.8) is 0 Å². The highest BCUT2D eigenvalue weighted by atomic mass is 16.7. The van der Waals surface area contributed by atoms with Gasteiger partial charge in [0.1, 0.15) is 30.0 Å². The third kappa shape index (κ3) is 11.4. The molecule has 0 saturated carbocycles. The second kappa shape index (κ2) is 21.1. The molecule has 5 aliphatic rings. The number of aliphatic hydroxyl groups excluding tert-OH is 1. The van der Waals surface area contributed by atoms with E-state index < -0.39 is 102 Å². The molecular formula is C47H76N2O13. The third-order valence-corrected chi connectivity index (χ3v) is 13.7. The normalized spacial score (nSPS) is 44.4. The van der Waals surface area contributed by atoms with Crippen molar-refractivity contribution in [2.24, 2.45) is 17.8 Å². The van der Waals surface area contributed by atoms with Gasteiger partial charge in [0.25, 0.3) is 0 Å². The summed E-state index contributed by atoms with van der Waals surface area (Å²) in [5, 5.41) is 27.1. The molecule has 18 atom stereocenters. The lowest BCUT2D eigenvalue weighted by molar-refractivity contribution is -0.323. The topological polar surface area (TPSA) is 173 Å². The van der Waals surface area contributed by atoms with Crippen LogP contribution in [-0.2, 0) is 58.8 Å². The molecule has 15 heteroatoms. The van der Waals surface area contributed by atoms with E-state index in [0.29, 0.717) is 13.0 Å². The number of likely N-dealkylation sites (N-methyl/N-ethyl adjacent to an activating group) is 1. The molecule has 352 valence electrons. The second-order valence-corrected chi connectivity index (χ2v) is 19.1. The SMILES string of the molecule is CC[C@H]1OC(=O)C(C)C(O[C@H]2C[C@@](C)(OC)[C@@H](OCc3ccccc3)[C@H](C)O2)[C@H](C)[C@@H](O[C@@H]2O[C@H](C)C[C@H](N(C)C)[C@H]2O)[C@@]2(C)C[C@@H](C)C(=O)N[C@H](C)[C@@H](O/C=C/CO2)[C@]1(C)O. The molecule has 6 rings (SSSR count). The number of amides is 1. The first-order valence-electron chi connectivity index (χ1n) is 22.5. The number of fused-ring (bicyclic) bond motifs is 14. The molecule has 1 amide bonds. The van der Waals surface area contributed by atoms with Crippen molar-refractivity contribution in [1.82, 2.24) is 10.2 Å². The van der Waals surface area contributed by atoms with Gasteiger partial charge in [0.05, 0.1) is 67.1 Å². The first-order chi connectivity index (χ1) is 29.1. The zero-order valence-corrected chi connectivity index (χ0v) is 39.3. The first-order valence-corrected chi connectivity index (χ1v) is 22.5. The van der Waals surface area contributed by atoms with Gasteiger partial charge in [0, 0.05) is 31.4 Å². The average molecular weight is 877 g/mol. The maximum absolute atomic E-state index is 14.7. The zero-order chi connectivity index (χ0) is 45.7. The van der Waals surface area contributed by atoms with E-state index in [1.165, 1.54) is 6.26 Å². The lowest BCUT2D eigenvalue weighted by Gasteiger charge is -2.50. The van der Waals surface area contributed by atoms with Gasteiger partial charge in [-0.2, -0.15) is 0 Å². The number of methoxy groups -OCH3 is 1. The average Bonchev–Trinajstić information content (AvgIpc) is 3.21. The monoisotopic (exact) mass is 877 g/mol. The molecule has 2 unspecified atom stereocenters. The van der Waals surface area contributed by atoms with Crippen molar-refractivity contribution >= 4 is 11.9 Å². The number of hydrogen-bond acceptors (Lipinski definition) is 14. The summed E-state index contributed by atoms with van der Waals surface area (Å²) in [5.41, 5.74) is -2.88. The number of nitrogens with zero attached hydrogens (tertiary/aromatic N) is 1. The zero-order valence-electron chi connectivity index (χ0n) is 39.3. The van der Waals surface area contributed by atoms with Gasteiger partial charge < -0.3 is 63.1 Å². The lowest BCUT2D eigenvalue weighted by atomic mass is 9.77. The summed E-state index contributed by atoms with van der Waals surface area (Å²) in [6.07, 6.45) is -3.95. The van der Waals surface area contributed by atoms with Crippen LogP contribution in [0.1, 0.15) is 100 Å². The number of aliphatic hydroxyl groups is 2. The van der Waals surface area contributed by atoms with Crippen LogP contribution in [0.25, 0.3) is 0 Å². The summed E-state index contributed by atoms with van der Waals surface area (Å²) in [4.78, 5) is 30.7. The number of benzene rings is 1. The van der Waals surface area contributed by atoms with Crippen molar-refractivity contribution in [1.29, 1.82) is 0 Å². The smallest absolute Gasteiger partial charge is 0.311 e. The molecule has 3 fully saturated rings. The summed E-state index contributed by atoms with van der Waals surface area (Å²) >= 11 is 0. The molecule has 3 saturated heterocycles. The van der Waals surface area contributed by atoms with E-state index in [9.17, 15) is 19.8 Å². The Morgan fingerprint density at radius 1 is 0.952 bits per heavy atom. The van der Waals surface area contributed by atoms with Crippen LogP contribution in [0, 0.1) is 17.8 Å².